The fourth-order valence-electron chi connectivity index (χ4n) is 2.59. The first kappa shape index (κ1) is 20.5. The van der Waals surface area contributed by atoms with Crippen LogP contribution in [0.1, 0.15) is 52.4 Å². The number of unbranched alkanes of at least 4 members (excludes halogenated alkanes) is 1. The first-order valence-corrected chi connectivity index (χ1v) is 8.68. The third kappa shape index (κ3) is 7.84. The number of halogens is 3. The maximum atomic E-state index is 12.4. The van der Waals surface area contributed by atoms with Crippen molar-refractivity contribution in [3.63, 3.8) is 0 Å². The van der Waals surface area contributed by atoms with Crippen molar-refractivity contribution < 1.29 is 18.0 Å². The molecule has 1 saturated carbocycles. The number of alkyl halides is 3. The van der Waals surface area contributed by atoms with Crippen LogP contribution in [0.5, 0.6) is 0 Å². The summed E-state index contributed by atoms with van der Waals surface area (Å²) in [5.74, 6) is -0.877. The summed E-state index contributed by atoms with van der Waals surface area (Å²) in [6, 6.07) is 0. The van der Waals surface area contributed by atoms with Crippen LogP contribution in [0.2, 0.25) is 0 Å². The van der Waals surface area contributed by atoms with Crippen molar-refractivity contribution in [3.8, 4) is 0 Å². The molecule has 5 heteroatoms. The number of rotatable bonds is 10. The summed E-state index contributed by atoms with van der Waals surface area (Å²) in [6.07, 6.45) is 6.69. The minimum absolute atomic E-state index is 0.144. The van der Waals surface area contributed by atoms with Crippen molar-refractivity contribution in [1.82, 2.24) is 5.32 Å². The number of amides is 1. The zero-order valence-electron chi connectivity index (χ0n) is 14.6. The smallest absolute Gasteiger partial charge is 0.346 e. The van der Waals surface area contributed by atoms with Crippen molar-refractivity contribution in [2.75, 3.05) is 6.54 Å². The van der Waals surface area contributed by atoms with Gasteiger partial charge in [-0.25, -0.2) is 0 Å². The fourth-order valence-corrected chi connectivity index (χ4v) is 2.59. The molecule has 0 aromatic heterocycles. The Kier molecular flexibility index (Phi) is 8.29. The maximum Gasteiger partial charge on any atom is 0.405 e. The maximum absolute atomic E-state index is 12.4. The van der Waals surface area contributed by atoms with Gasteiger partial charge in [0, 0.05) is 0 Å². The summed E-state index contributed by atoms with van der Waals surface area (Å²) in [7, 11) is 0. The van der Waals surface area contributed by atoms with E-state index in [1.807, 2.05) is 25.2 Å². The topological polar surface area (TPSA) is 29.1 Å². The molecule has 0 bridgehead atoms. The molecule has 1 aliphatic carbocycles. The minimum atomic E-state index is -4.39. The lowest BCUT2D eigenvalue weighted by Gasteiger charge is -2.19. The van der Waals surface area contributed by atoms with Gasteiger partial charge in [0.2, 0.25) is 5.91 Å². The van der Waals surface area contributed by atoms with Gasteiger partial charge in [0.25, 0.3) is 0 Å². The minimum Gasteiger partial charge on any atom is -0.346 e. The second-order valence-corrected chi connectivity index (χ2v) is 6.38. The normalized spacial score (nSPS) is 17.1. The highest BCUT2D eigenvalue weighted by atomic mass is 19.4. The van der Waals surface area contributed by atoms with Gasteiger partial charge in [-0.1, -0.05) is 57.1 Å². The molecule has 1 N–H and O–H groups in total. The predicted octanol–water partition coefficient (Wildman–Crippen LogP) is 5.33. The lowest BCUT2D eigenvalue weighted by molar-refractivity contribution is -0.140. The second kappa shape index (κ2) is 9.70. The van der Waals surface area contributed by atoms with Crippen molar-refractivity contribution >= 4 is 5.91 Å². The van der Waals surface area contributed by atoms with E-state index in [1.54, 1.807) is 0 Å². The van der Waals surface area contributed by atoms with Crippen LogP contribution in [0.25, 0.3) is 0 Å². The molecule has 0 heterocycles. The number of carbonyl (C=O) groups is 1. The summed E-state index contributed by atoms with van der Waals surface area (Å²) >= 11 is 0. The van der Waals surface area contributed by atoms with Crippen molar-refractivity contribution in [2.24, 2.45) is 11.8 Å². The molecule has 0 aromatic carbocycles. The van der Waals surface area contributed by atoms with E-state index in [0.717, 1.165) is 49.7 Å². The zero-order valence-corrected chi connectivity index (χ0v) is 14.6. The van der Waals surface area contributed by atoms with Crippen LogP contribution < -0.4 is 5.32 Å². The zero-order chi connectivity index (χ0) is 18.2. The Labute approximate surface area is 142 Å². The van der Waals surface area contributed by atoms with E-state index in [1.165, 1.54) is 0 Å². The van der Waals surface area contributed by atoms with Gasteiger partial charge in [0.1, 0.15) is 6.54 Å². The molecule has 0 aromatic rings. The second-order valence-electron chi connectivity index (χ2n) is 6.38. The molecule has 2 nitrogen and oxygen atoms in total. The number of hydrogen-bond donors (Lipinski definition) is 1. The van der Waals surface area contributed by atoms with Crippen LogP contribution in [0.15, 0.2) is 36.0 Å². The quantitative estimate of drug-likeness (QED) is 0.534. The van der Waals surface area contributed by atoms with Crippen LogP contribution in [0.3, 0.4) is 0 Å². The first-order valence-electron chi connectivity index (χ1n) is 8.68. The highest BCUT2D eigenvalue weighted by Gasteiger charge is 2.39. The lowest BCUT2D eigenvalue weighted by Crippen LogP contribution is -2.38. The number of allylic oxidation sites excluding steroid dienone is 4. The van der Waals surface area contributed by atoms with E-state index < -0.39 is 24.5 Å². The third-order valence-corrected chi connectivity index (χ3v) is 3.95. The Balaban J connectivity index is 2.89. The van der Waals surface area contributed by atoms with Crippen molar-refractivity contribution in [1.29, 1.82) is 0 Å². The Morgan fingerprint density at radius 1 is 1.25 bits per heavy atom. The van der Waals surface area contributed by atoms with Crippen LogP contribution in [-0.2, 0) is 4.79 Å². The Morgan fingerprint density at radius 2 is 1.92 bits per heavy atom. The van der Waals surface area contributed by atoms with Gasteiger partial charge >= 0.3 is 6.18 Å². The van der Waals surface area contributed by atoms with Crippen LogP contribution >= 0.6 is 0 Å². The van der Waals surface area contributed by atoms with Crippen molar-refractivity contribution in [3.05, 3.63) is 36.0 Å². The van der Waals surface area contributed by atoms with Crippen LogP contribution in [-0.4, -0.2) is 18.6 Å². The summed E-state index contributed by atoms with van der Waals surface area (Å²) in [5, 5.41) is 2.05. The highest BCUT2D eigenvalue weighted by Crippen LogP contribution is 2.41. The number of carbonyl (C=O) groups excluding carboxylic acids is 1. The molecule has 1 fully saturated rings. The van der Waals surface area contributed by atoms with E-state index >= 15 is 0 Å². The van der Waals surface area contributed by atoms with E-state index in [-0.39, 0.29) is 5.92 Å². The molecule has 136 valence electrons. The molecule has 0 aliphatic heterocycles. The van der Waals surface area contributed by atoms with Gasteiger partial charge < -0.3 is 5.32 Å². The van der Waals surface area contributed by atoms with Gasteiger partial charge in [0.05, 0.1) is 5.92 Å². The summed E-state index contributed by atoms with van der Waals surface area (Å²) in [6.45, 7) is 6.78. The van der Waals surface area contributed by atoms with Gasteiger partial charge in [-0.15, -0.1) is 0 Å². The molecule has 0 saturated heterocycles. The SMILES string of the molecule is C=C(/C=C\C(=C/CCC)C(C(=O)NCC(F)(F)F)C1CC1)CCC. The lowest BCUT2D eigenvalue weighted by atomic mass is 9.90. The monoisotopic (exact) mass is 343 g/mol. The molecule has 1 rings (SSSR count). The van der Waals surface area contributed by atoms with Gasteiger partial charge in [0.15, 0.2) is 0 Å². The molecule has 24 heavy (non-hydrogen) atoms. The van der Waals surface area contributed by atoms with Gasteiger partial charge in [-0.05, 0) is 37.2 Å². The van der Waals surface area contributed by atoms with Crippen molar-refractivity contribution in [2.45, 2.75) is 58.5 Å². The average Bonchev–Trinajstić information content (AvgIpc) is 3.32. The molecule has 1 unspecified atom stereocenters. The molecule has 1 amide bonds. The van der Waals surface area contributed by atoms with E-state index in [9.17, 15) is 18.0 Å². The van der Waals surface area contributed by atoms with Crippen LogP contribution in [0, 0.1) is 11.8 Å². The highest BCUT2D eigenvalue weighted by molar-refractivity contribution is 5.83. The summed E-state index contributed by atoms with van der Waals surface area (Å²) in [4.78, 5) is 12.3. The third-order valence-electron chi connectivity index (χ3n) is 3.95. The van der Waals surface area contributed by atoms with Gasteiger partial charge in [-0.3, -0.25) is 4.79 Å². The van der Waals surface area contributed by atoms with E-state index in [0.29, 0.717) is 0 Å². The standard InChI is InChI=1S/C19H28F3NO/c1-4-6-8-15(10-9-14(3)7-5-2)17(16-11-12-16)18(24)23-13-19(20,21)22/h8-10,16-17H,3-7,11-13H2,1-2H3,(H,23,24)/b10-9-,15-8+. The number of nitrogens with one attached hydrogen (secondary N) is 1. The average molecular weight is 343 g/mol. The summed E-state index contributed by atoms with van der Waals surface area (Å²) in [5.41, 5.74) is 1.78. The molecular formula is C19H28F3NO. The Bertz CT molecular complexity index is 487. The fraction of sp³-hybridized carbons (Fsp3) is 0.632. The first-order chi connectivity index (χ1) is 11.3. The predicted molar refractivity (Wildman–Crippen MR) is 91.5 cm³/mol. The molecule has 1 aliphatic rings. The number of hydrogen-bond acceptors (Lipinski definition) is 1. The summed E-state index contributed by atoms with van der Waals surface area (Å²) < 4.78 is 37.2. The van der Waals surface area contributed by atoms with Crippen LogP contribution in [0.4, 0.5) is 13.2 Å². The van der Waals surface area contributed by atoms with E-state index in [2.05, 4.69) is 18.8 Å². The Morgan fingerprint density at radius 3 is 2.42 bits per heavy atom. The molecular weight excluding hydrogens is 315 g/mol. The molecule has 1 atom stereocenters. The Hall–Kier alpha value is -1.52. The molecule has 0 radical (unpaired) electrons. The largest absolute Gasteiger partial charge is 0.405 e. The van der Waals surface area contributed by atoms with E-state index in [4.69, 9.17) is 0 Å². The van der Waals surface area contributed by atoms with Gasteiger partial charge in [-0.2, -0.15) is 13.2 Å². The molecule has 0 spiro atoms.